The summed E-state index contributed by atoms with van der Waals surface area (Å²) in [5.41, 5.74) is 7.29. The minimum absolute atomic E-state index is 0.137. The molecule has 2 rings (SSSR count). The Hall–Kier alpha value is -1.45. The first kappa shape index (κ1) is 15.9. The summed E-state index contributed by atoms with van der Waals surface area (Å²) in [7, 11) is 0. The summed E-state index contributed by atoms with van der Waals surface area (Å²) in [4.78, 5) is 14.8. The Morgan fingerprint density at radius 2 is 2.14 bits per heavy atom. The zero-order valence-corrected chi connectivity index (χ0v) is 13.6. The minimum atomic E-state index is 0.137. The van der Waals surface area contributed by atoms with Gasteiger partial charge in [-0.05, 0) is 45.1 Å². The van der Waals surface area contributed by atoms with E-state index in [1.807, 2.05) is 21.7 Å². The van der Waals surface area contributed by atoms with Gasteiger partial charge in [0.15, 0.2) is 0 Å². The molecular weight excluding hydrogens is 262 g/mol. The van der Waals surface area contributed by atoms with Crippen LogP contribution in [0.25, 0.3) is 0 Å². The molecule has 0 spiro atoms. The maximum Gasteiger partial charge on any atom is 0.270 e. The second kappa shape index (κ2) is 7.01. The van der Waals surface area contributed by atoms with Crippen molar-refractivity contribution in [2.45, 2.75) is 58.9 Å². The van der Waals surface area contributed by atoms with E-state index in [9.17, 15) is 4.79 Å². The Morgan fingerprint density at radius 1 is 1.38 bits per heavy atom. The average molecular weight is 291 g/mol. The standard InChI is InChI=1S/C17H29N3O/c1-4-6-14-7-5-9-19(10-8-14)17(21)16-11-15(18)12-20(16)13(2)3/h11-14H,4-10,18H2,1-3H3. The molecule has 1 saturated heterocycles. The van der Waals surface area contributed by atoms with Gasteiger partial charge in [-0.3, -0.25) is 4.79 Å². The van der Waals surface area contributed by atoms with Gasteiger partial charge in [0.1, 0.15) is 5.69 Å². The fraction of sp³-hybridized carbons (Fsp3) is 0.706. The maximum absolute atomic E-state index is 12.8. The van der Waals surface area contributed by atoms with Crippen LogP contribution < -0.4 is 5.73 Å². The van der Waals surface area contributed by atoms with Crippen LogP contribution in [0.1, 0.15) is 69.4 Å². The zero-order valence-electron chi connectivity index (χ0n) is 13.6. The van der Waals surface area contributed by atoms with Gasteiger partial charge in [-0.1, -0.05) is 19.8 Å². The maximum atomic E-state index is 12.8. The summed E-state index contributed by atoms with van der Waals surface area (Å²) in [6.07, 6.45) is 7.91. The van der Waals surface area contributed by atoms with Gasteiger partial charge in [0.25, 0.3) is 5.91 Å². The summed E-state index contributed by atoms with van der Waals surface area (Å²) >= 11 is 0. The van der Waals surface area contributed by atoms with Crippen LogP contribution in [0.5, 0.6) is 0 Å². The van der Waals surface area contributed by atoms with Crippen molar-refractivity contribution in [1.82, 2.24) is 9.47 Å². The number of carbonyl (C=O) groups is 1. The molecule has 118 valence electrons. The highest BCUT2D eigenvalue weighted by Gasteiger charge is 2.24. The van der Waals surface area contributed by atoms with E-state index in [0.717, 1.165) is 37.5 Å². The molecule has 2 N–H and O–H groups in total. The zero-order chi connectivity index (χ0) is 15.4. The first-order valence-corrected chi connectivity index (χ1v) is 8.29. The monoisotopic (exact) mass is 291 g/mol. The molecule has 2 heterocycles. The fourth-order valence-electron chi connectivity index (χ4n) is 3.33. The Bertz CT molecular complexity index is 478. The molecule has 1 fully saturated rings. The largest absolute Gasteiger partial charge is 0.397 e. The number of carbonyl (C=O) groups excluding carboxylic acids is 1. The van der Waals surface area contributed by atoms with Crippen LogP contribution in [-0.4, -0.2) is 28.5 Å². The first-order valence-electron chi connectivity index (χ1n) is 8.29. The van der Waals surface area contributed by atoms with Crippen molar-refractivity contribution >= 4 is 11.6 Å². The van der Waals surface area contributed by atoms with Crippen molar-refractivity contribution in [2.24, 2.45) is 5.92 Å². The van der Waals surface area contributed by atoms with E-state index in [2.05, 4.69) is 20.8 Å². The number of amides is 1. The third-order valence-corrected chi connectivity index (χ3v) is 4.48. The Labute approximate surface area is 128 Å². The molecule has 0 bridgehead atoms. The van der Waals surface area contributed by atoms with E-state index in [0.29, 0.717) is 5.69 Å². The number of anilines is 1. The van der Waals surface area contributed by atoms with E-state index in [4.69, 9.17) is 5.73 Å². The number of nitrogens with two attached hydrogens (primary N) is 1. The summed E-state index contributed by atoms with van der Waals surface area (Å²) in [5.74, 6) is 0.923. The van der Waals surface area contributed by atoms with Crippen LogP contribution in [-0.2, 0) is 0 Å². The summed E-state index contributed by atoms with van der Waals surface area (Å²) < 4.78 is 1.99. The van der Waals surface area contributed by atoms with Crippen LogP contribution in [0.4, 0.5) is 5.69 Å². The molecule has 1 aliphatic rings. The Balaban J connectivity index is 2.09. The third kappa shape index (κ3) is 3.80. The topological polar surface area (TPSA) is 51.3 Å². The summed E-state index contributed by atoms with van der Waals surface area (Å²) in [6.45, 7) is 8.16. The SMILES string of the molecule is CCCC1CCCN(C(=O)c2cc(N)cn2C(C)C)CC1. The lowest BCUT2D eigenvalue weighted by molar-refractivity contribution is 0.0747. The van der Waals surface area contributed by atoms with Crippen molar-refractivity contribution in [3.05, 3.63) is 18.0 Å². The van der Waals surface area contributed by atoms with Gasteiger partial charge in [-0.25, -0.2) is 0 Å². The van der Waals surface area contributed by atoms with Gasteiger partial charge >= 0.3 is 0 Å². The molecule has 0 aromatic carbocycles. The molecule has 1 unspecified atom stereocenters. The number of rotatable bonds is 4. The van der Waals surface area contributed by atoms with Gasteiger partial charge in [0, 0.05) is 25.3 Å². The van der Waals surface area contributed by atoms with Crippen molar-refractivity contribution in [1.29, 1.82) is 0 Å². The normalized spacial score (nSPS) is 19.8. The lowest BCUT2D eigenvalue weighted by Crippen LogP contribution is -2.33. The second-order valence-electron chi connectivity index (χ2n) is 6.54. The lowest BCUT2D eigenvalue weighted by atomic mass is 9.96. The average Bonchev–Trinajstić information content (AvgIpc) is 2.68. The highest BCUT2D eigenvalue weighted by atomic mass is 16.2. The van der Waals surface area contributed by atoms with Crippen molar-refractivity contribution in [3.8, 4) is 0 Å². The van der Waals surface area contributed by atoms with Crippen LogP contribution in [0.2, 0.25) is 0 Å². The third-order valence-electron chi connectivity index (χ3n) is 4.48. The number of nitrogen functional groups attached to an aromatic ring is 1. The number of aromatic nitrogens is 1. The van der Waals surface area contributed by atoms with E-state index in [1.165, 1.54) is 19.3 Å². The smallest absolute Gasteiger partial charge is 0.270 e. The Kier molecular flexibility index (Phi) is 5.32. The molecule has 21 heavy (non-hydrogen) atoms. The van der Waals surface area contributed by atoms with Crippen molar-refractivity contribution in [2.75, 3.05) is 18.8 Å². The molecule has 0 aliphatic carbocycles. The van der Waals surface area contributed by atoms with Gasteiger partial charge < -0.3 is 15.2 Å². The molecule has 1 aliphatic heterocycles. The van der Waals surface area contributed by atoms with E-state index in [-0.39, 0.29) is 11.9 Å². The quantitative estimate of drug-likeness (QED) is 0.919. The summed E-state index contributed by atoms with van der Waals surface area (Å²) in [6, 6.07) is 2.07. The van der Waals surface area contributed by atoms with Gasteiger partial charge in [0.2, 0.25) is 0 Å². The Morgan fingerprint density at radius 3 is 2.81 bits per heavy atom. The number of hydrogen-bond acceptors (Lipinski definition) is 2. The van der Waals surface area contributed by atoms with Gasteiger partial charge in [0.05, 0.1) is 5.69 Å². The van der Waals surface area contributed by atoms with Gasteiger partial charge in [-0.15, -0.1) is 0 Å². The van der Waals surface area contributed by atoms with Crippen LogP contribution in [0.15, 0.2) is 12.3 Å². The van der Waals surface area contributed by atoms with Crippen molar-refractivity contribution in [3.63, 3.8) is 0 Å². The predicted octanol–water partition coefficient (Wildman–Crippen LogP) is 3.69. The van der Waals surface area contributed by atoms with Gasteiger partial charge in [-0.2, -0.15) is 0 Å². The first-order chi connectivity index (χ1) is 10.0. The molecule has 1 atom stereocenters. The van der Waals surface area contributed by atoms with E-state index >= 15 is 0 Å². The molecule has 0 radical (unpaired) electrons. The second-order valence-corrected chi connectivity index (χ2v) is 6.54. The minimum Gasteiger partial charge on any atom is -0.397 e. The predicted molar refractivity (Wildman–Crippen MR) is 87.4 cm³/mol. The van der Waals surface area contributed by atoms with Crippen LogP contribution in [0, 0.1) is 5.92 Å². The number of likely N-dealkylation sites (tertiary alicyclic amines) is 1. The molecule has 0 saturated carbocycles. The van der Waals surface area contributed by atoms with E-state index < -0.39 is 0 Å². The summed E-state index contributed by atoms with van der Waals surface area (Å²) in [5, 5.41) is 0. The molecular formula is C17H29N3O. The highest BCUT2D eigenvalue weighted by molar-refractivity contribution is 5.94. The highest BCUT2D eigenvalue weighted by Crippen LogP contribution is 2.24. The molecule has 1 amide bonds. The molecule has 1 aromatic heterocycles. The molecule has 4 nitrogen and oxygen atoms in total. The van der Waals surface area contributed by atoms with Crippen molar-refractivity contribution < 1.29 is 4.79 Å². The van der Waals surface area contributed by atoms with Crippen LogP contribution in [0.3, 0.4) is 0 Å². The number of hydrogen-bond donors (Lipinski definition) is 1. The lowest BCUT2D eigenvalue weighted by Gasteiger charge is -2.22. The van der Waals surface area contributed by atoms with Crippen LogP contribution >= 0.6 is 0 Å². The molecule has 1 aromatic rings. The fourth-order valence-corrected chi connectivity index (χ4v) is 3.33. The molecule has 4 heteroatoms. The van der Waals surface area contributed by atoms with E-state index in [1.54, 1.807) is 0 Å². The number of nitrogens with zero attached hydrogens (tertiary/aromatic N) is 2.